The van der Waals surface area contributed by atoms with Gasteiger partial charge in [-0.1, -0.05) is 44.7 Å². The van der Waals surface area contributed by atoms with Gasteiger partial charge in [0.05, 0.1) is 5.92 Å². The summed E-state index contributed by atoms with van der Waals surface area (Å²) in [5.74, 6) is -0.0425. The molecule has 0 aromatic carbocycles. The molecule has 0 aromatic rings. The topological polar surface area (TPSA) is 87.7 Å². The lowest BCUT2D eigenvalue weighted by Crippen LogP contribution is -2.37. The Bertz CT molecular complexity index is 265. The molecule has 0 spiro atoms. The molecule has 5 nitrogen and oxygen atoms in total. The van der Waals surface area contributed by atoms with Gasteiger partial charge in [-0.3, -0.25) is 4.79 Å². The number of unbranched alkanes of at least 4 members (excludes halogenated alkanes) is 3. The van der Waals surface area contributed by atoms with Crippen LogP contribution < -0.4 is 11.1 Å². The van der Waals surface area contributed by atoms with Crippen LogP contribution in [0.3, 0.4) is 0 Å². The maximum Gasteiger partial charge on any atom is 0.230 e. The molecular weight excluding hydrogens is 230 g/mol. The van der Waals surface area contributed by atoms with Crippen molar-refractivity contribution in [3.63, 3.8) is 0 Å². The second kappa shape index (κ2) is 9.74. The number of nitrogens with one attached hydrogen (secondary N) is 1. The van der Waals surface area contributed by atoms with Gasteiger partial charge < -0.3 is 16.3 Å². The first-order chi connectivity index (χ1) is 8.49. The van der Waals surface area contributed by atoms with Gasteiger partial charge in [0.25, 0.3) is 0 Å². The van der Waals surface area contributed by atoms with Crippen molar-refractivity contribution in [1.82, 2.24) is 5.32 Å². The van der Waals surface area contributed by atoms with Gasteiger partial charge in [-0.05, 0) is 19.3 Å². The van der Waals surface area contributed by atoms with Crippen LogP contribution in [0.4, 0.5) is 0 Å². The summed E-state index contributed by atoms with van der Waals surface area (Å²) in [4.78, 5) is 11.5. The minimum absolute atomic E-state index is 0.0515. The van der Waals surface area contributed by atoms with Crippen LogP contribution in [0.5, 0.6) is 0 Å². The number of carbonyl (C=O) groups excluding carboxylic acids is 1. The fourth-order valence-electron chi connectivity index (χ4n) is 1.62. The quantitative estimate of drug-likeness (QED) is 0.194. The zero-order valence-corrected chi connectivity index (χ0v) is 11.8. The zero-order chi connectivity index (χ0) is 14.0. The van der Waals surface area contributed by atoms with Crippen molar-refractivity contribution in [2.24, 2.45) is 22.7 Å². The Kier molecular flexibility index (Phi) is 9.06. The summed E-state index contributed by atoms with van der Waals surface area (Å²) in [7, 11) is 0. The first kappa shape index (κ1) is 16.7. The van der Waals surface area contributed by atoms with E-state index in [-0.39, 0.29) is 11.7 Å². The number of oxime groups is 1. The van der Waals surface area contributed by atoms with E-state index in [1.165, 1.54) is 19.3 Å². The molecule has 0 aliphatic carbocycles. The molecule has 0 saturated heterocycles. The standard InChI is InChI=1S/C13H27N3O2/c1-10(2)8-6-4-5-7-9-15-13(17)11(3)12(14)16-18/h10-11,18H,4-9H2,1-3H3,(H2,14,16)(H,15,17). The molecule has 4 N–H and O–H groups in total. The van der Waals surface area contributed by atoms with E-state index in [4.69, 9.17) is 10.9 Å². The summed E-state index contributed by atoms with van der Waals surface area (Å²) < 4.78 is 0. The molecule has 5 heteroatoms. The molecule has 0 fully saturated rings. The van der Waals surface area contributed by atoms with Gasteiger partial charge in [0.1, 0.15) is 0 Å². The highest BCUT2D eigenvalue weighted by Gasteiger charge is 2.16. The van der Waals surface area contributed by atoms with Gasteiger partial charge >= 0.3 is 0 Å². The molecule has 0 aromatic heterocycles. The average molecular weight is 257 g/mol. The first-order valence-corrected chi connectivity index (χ1v) is 6.74. The van der Waals surface area contributed by atoms with Crippen LogP contribution in [0, 0.1) is 11.8 Å². The highest BCUT2D eigenvalue weighted by molar-refractivity contribution is 6.01. The number of carbonyl (C=O) groups is 1. The van der Waals surface area contributed by atoms with E-state index < -0.39 is 5.92 Å². The number of nitrogens with zero attached hydrogens (tertiary/aromatic N) is 1. The third-order valence-corrected chi connectivity index (χ3v) is 2.96. The van der Waals surface area contributed by atoms with E-state index in [1.807, 2.05) is 0 Å². The SMILES string of the molecule is CC(C)CCCCCCNC(=O)C(C)C(N)=NO. The van der Waals surface area contributed by atoms with Crippen molar-refractivity contribution < 1.29 is 10.0 Å². The number of amidine groups is 1. The number of hydrogen-bond acceptors (Lipinski definition) is 3. The van der Waals surface area contributed by atoms with Crippen LogP contribution in [0.25, 0.3) is 0 Å². The minimum Gasteiger partial charge on any atom is -0.409 e. The average Bonchev–Trinajstić information content (AvgIpc) is 2.35. The molecular formula is C13H27N3O2. The Morgan fingerprint density at radius 2 is 1.83 bits per heavy atom. The summed E-state index contributed by atoms with van der Waals surface area (Å²) in [6, 6.07) is 0. The minimum atomic E-state index is -0.573. The summed E-state index contributed by atoms with van der Waals surface area (Å²) in [6.45, 7) is 6.74. The van der Waals surface area contributed by atoms with E-state index in [9.17, 15) is 4.79 Å². The lowest BCUT2D eigenvalue weighted by Gasteiger charge is -2.10. The van der Waals surface area contributed by atoms with Gasteiger partial charge in [-0.15, -0.1) is 0 Å². The van der Waals surface area contributed by atoms with E-state index in [0.29, 0.717) is 6.54 Å². The lowest BCUT2D eigenvalue weighted by molar-refractivity contribution is -0.122. The van der Waals surface area contributed by atoms with Crippen LogP contribution in [0.1, 0.15) is 52.9 Å². The second-order valence-corrected chi connectivity index (χ2v) is 5.13. The summed E-state index contributed by atoms with van der Waals surface area (Å²) in [5, 5.41) is 14.1. The molecule has 0 aliphatic heterocycles. The molecule has 0 rings (SSSR count). The number of nitrogens with two attached hydrogens (primary N) is 1. The third kappa shape index (κ3) is 7.92. The molecule has 0 bridgehead atoms. The fourth-order valence-corrected chi connectivity index (χ4v) is 1.62. The smallest absolute Gasteiger partial charge is 0.230 e. The predicted octanol–water partition coefficient (Wildman–Crippen LogP) is 2.09. The Morgan fingerprint density at radius 3 is 2.39 bits per heavy atom. The number of hydrogen-bond donors (Lipinski definition) is 3. The van der Waals surface area contributed by atoms with Crippen molar-refractivity contribution in [1.29, 1.82) is 0 Å². The lowest BCUT2D eigenvalue weighted by atomic mass is 10.0. The van der Waals surface area contributed by atoms with Crippen molar-refractivity contribution in [2.45, 2.75) is 52.9 Å². The fraction of sp³-hybridized carbons (Fsp3) is 0.846. The van der Waals surface area contributed by atoms with Crippen molar-refractivity contribution in [3.8, 4) is 0 Å². The Morgan fingerprint density at radius 1 is 1.22 bits per heavy atom. The summed E-state index contributed by atoms with van der Waals surface area (Å²) >= 11 is 0. The van der Waals surface area contributed by atoms with Gasteiger partial charge in [0.2, 0.25) is 5.91 Å². The maximum absolute atomic E-state index is 11.5. The molecule has 1 unspecified atom stereocenters. The third-order valence-electron chi connectivity index (χ3n) is 2.96. The zero-order valence-electron chi connectivity index (χ0n) is 11.8. The number of amides is 1. The molecule has 0 aliphatic rings. The van der Waals surface area contributed by atoms with Crippen LogP contribution >= 0.6 is 0 Å². The first-order valence-electron chi connectivity index (χ1n) is 6.74. The Balaban J connectivity index is 3.52. The van der Waals surface area contributed by atoms with E-state index in [1.54, 1.807) is 6.92 Å². The van der Waals surface area contributed by atoms with Gasteiger partial charge in [0.15, 0.2) is 5.84 Å². The highest BCUT2D eigenvalue weighted by Crippen LogP contribution is 2.09. The van der Waals surface area contributed by atoms with Crippen LogP contribution in [0.15, 0.2) is 5.16 Å². The molecule has 1 amide bonds. The predicted molar refractivity (Wildman–Crippen MR) is 73.5 cm³/mol. The molecule has 1 atom stereocenters. The van der Waals surface area contributed by atoms with Crippen molar-refractivity contribution in [3.05, 3.63) is 0 Å². The van der Waals surface area contributed by atoms with Crippen molar-refractivity contribution >= 4 is 11.7 Å². The normalized spacial score (nSPS) is 13.7. The molecule has 0 radical (unpaired) electrons. The van der Waals surface area contributed by atoms with Crippen LogP contribution in [-0.2, 0) is 4.79 Å². The van der Waals surface area contributed by atoms with E-state index in [2.05, 4.69) is 24.3 Å². The molecule has 18 heavy (non-hydrogen) atoms. The summed E-state index contributed by atoms with van der Waals surface area (Å²) in [5.41, 5.74) is 5.35. The Hall–Kier alpha value is -1.26. The van der Waals surface area contributed by atoms with Crippen LogP contribution in [0.2, 0.25) is 0 Å². The van der Waals surface area contributed by atoms with Crippen molar-refractivity contribution in [2.75, 3.05) is 6.54 Å². The molecule has 0 heterocycles. The summed E-state index contributed by atoms with van der Waals surface area (Å²) in [6.07, 6.45) is 5.85. The van der Waals surface area contributed by atoms with E-state index >= 15 is 0 Å². The molecule has 106 valence electrons. The van der Waals surface area contributed by atoms with Gasteiger partial charge in [0, 0.05) is 6.54 Å². The Labute approximate surface area is 110 Å². The second-order valence-electron chi connectivity index (χ2n) is 5.13. The number of rotatable bonds is 9. The van der Waals surface area contributed by atoms with E-state index in [0.717, 1.165) is 18.8 Å². The molecule has 0 saturated carbocycles. The largest absolute Gasteiger partial charge is 0.409 e. The monoisotopic (exact) mass is 257 g/mol. The van der Waals surface area contributed by atoms with Gasteiger partial charge in [-0.25, -0.2) is 0 Å². The highest BCUT2D eigenvalue weighted by atomic mass is 16.4. The van der Waals surface area contributed by atoms with Crippen LogP contribution in [-0.4, -0.2) is 23.5 Å². The van der Waals surface area contributed by atoms with Gasteiger partial charge in [-0.2, -0.15) is 0 Å². The maximum atomic E-state index is 11.5.